The fourth-order valence-corrected chi connectivity index (χ4v) is 2.67. The fraction of sp³-hybridized carbons (Fsp3) is 0.833. The van der Waals surface area contributed by atoms with Crippen molar-refractivity contribution in [1.29, 1.82) is 0 Å². The molecule has 102 valence electrons. The third-order valence-electron chi connectivity index (χ3n) is 3.55. The van der Waals surface area contributed by atoms with E-state index in [2.05, 4.69) is 5.32 Å². The van der Waals surface area contributed by atoms with E-state index in [1.54, 1.807) is 12.0 Å². The van der Waals surface area contributed by atoms with E-state index in [0.29, 0.717) is 19.7 Å². The highest BCUT2D eigenvalue weighted by Gasteiger charge is 2.46. The molecule has 6 nitrogen and oxygen atoms in total. The lowest BCUT2D eigenvalue weighted by molar-refractivity contribution is -0.155. The number of urea groups is 1. The molecule has 0 aromatic carbocycles. The van der Waals surface area contributed by atoms with Gasteiger partial charge in [0.1, 0.15) is 6.54 Å². The molecule has 18 heavy (non-hydrogen) atoms. The molecule has 0 aliphatic carbocycles. The molecule has 2 fully saturated rings. The first kappa shape index (κ1) is 13.1. The number of fused-ring (bicyclic) bond motifs is 1. The number of carbonyl (C=O) groups is 2. The van der Waals surface area contributed by atoms with Crippen LogP contribution in [0.2, 0.25) is 0 Å². The summed E-state index contributed by atoms with van der Waals surface area (Å²) < 4.78 is 5.08. The summed E-state index contributed by atoms with van der Waals surface area (Å²) in [5, 5.41) is 2.81. The first-order chi connectivity index (χ1) is 8.67. The molecular weight excluding hydrogens is 234 g/mol. The molecule has 2 aliphatic heterocycles. The smallest absolute Gasteiger partial charge is 0.317 e. The topological polar surface area (TPSA) is 61.9 Å². The van der Waals surface area contributed by atoms with E-state index in [4.69, 9.17) is 4.74 Å². The zero-order valence-corrected chi connectivity index (χ0v) is 11.0. The van der Waals surface area contributed by atoms with Gasteiger partial charge in [-0.15, -0.1) is 0 Å². The zero-order valence-electron chi connectivity index (χ0n) is 11.0. The Kier molecular flexibility index (Phi) is 4.06. The highest BCUT2D eigenvalue weighted by atomic mass is 16.5. The normalized spacial score (nSPS) is 26.7. The van der Waals surface area contributed by atoms with Crippen LogP contribution in [0.3, 0.4) is 0 Å². The average molecular weight is 255 g/mol. The van der Waals surface area contributed by atoms with Gasteiger partial charge in [0.2, 0.25) is 5.91 Å². The van der Waals surface area contributed by atoms with Crippen LogP contribution in [0.15, 0.2) is 0 Å². The quantitative estimate of drug-likeness (QED) is 0.771. The van der Waals surface area contributed by atoms with Crippen molar-refractivity contribution in [3.8, 4) is 0 Å². The van der Waals surface area contributed by atoms with Crippen molar-refractivity contribution in [2.45, 2.75) is 31.8 Å². The van der Waals surface area contributed by atoms with Crippen LogP contribution in [0, 0.1) is 0 Å². The van der Waals surface area contributed by atoms with Gasteiger partial charge in [0.05, 0.1) is 18.7 Å². The SMILES string of the molecule is CCCNC(=O)N1CC(=O)N2[C@H](COC)C[C@@H]2C1. The van der Waals surface area contributed by atoms with Crippen LogP contribution in [0.25, 0.3) is 0 Å². The Bertz CT molecular complexity index is 335. The third-order valence-corrected chi connectivity index (χ3v) is 3.55. The van der Waals surface area contributed by atoms with Gasteiger partial charge >= 0.3 is 6.03 Å². The van der Waals surface area contributed by atoms with Crippen LogP contribution in [0.4, 0.5) is 4.79 Å². The first-order valence-corrected chi connectivity index (χ1v) is 6.50. The Morgan fingerprint density at radius 1 is 1.56 bits per heavy atom. The Morgan fingerprint density at radius 3 is 2.94 bits per heavy atom. The highest BCUT2D eigenvalue weighted by molar-refractivity contribution is 5.86. The Balaban J connectivity index is 1.87. The third kappa shape index (κ3) is 2.43. The van der Waals surface area contributed by atoms with Crippen molar-refractivity contribution in [2.75, 3.05) is 33.4 Å². The Morgan fingerprint density at radius 2 is 2.33 bits per heavy atom. The molecule has 0 aromatic rings. The largest absolute Gasteiger partial charge is 0.383 e. The molecule has 0 aromatic heterocycles. The second-order valence-corrected chi connectivity index (χ2v) is 4.91. The summed E-state index contributed by atoms with van der Waals surface area (Å²) in [5.41, 5.74) is 0. The van der Waals surface area contributed by atoms with E-state index >= 15 is 0 Å². The lowest BCUT2D eigenvalue weighted by Crippen LogP contribution is -2.70. The maximum absolute atomic E-state index is 12.0. The highest BCUT2D eigenvalue weighted by Crippen LogP contribution is 2.30. The average Bonchev–Trinajstić information content (AvgIpc) is 2.32. The van der Waals surface area contributed by atoms with E-state index in [-0.39, 0.29) is 30.6 Å². The van der Waals surface area contributed by atoms with E-state index in [0.717, 1.165) is 12.8 Å². The molecule has 2 saturated heterocycles. The summed E-state index contributed by atoms with van der Waals surface area (Å²) >= 11 is 0. The molecule has 3 amide bonds. The minimum absolute atomic E-state index is 0.0335. The molecule has 6 heteroatoms. The van der Waals surface area contributed by atoms with E-state index < -0.39 is 0 Å². The van der Waals surface area contributed by atoms with Crippen LogP contribution in [-0.2, 0) is 9.53 Å². The Hall–Kier alpha value is -1.30. The minimum atomic E-state index is -0.125. The summed E-state index contributed by atoms with van der Waals surface area (Å²) in [7, 11) is 1.65. The lowest BCUT2D eigenvalue weighted by Gasteiger charge is -2.53. The summed E-state index contributed by atoms with van der Waals surface area (Å²) in [6.45, 7) is 4.08. The van der Waals surface area contributed by atoms with Gasteiger partial charge in [-0.3, -0.25) is 4.79 Å². The number of amides is 3. The molecule has 0 unspecified atom stereocenters. The van der Waals surface area contributed by atoms with Crippen LogP contribution in [0.5, 0.6) is 0 Å². The molecule has 2 heterocycles. The van der Waals surface area contributed by atoms with E-state index in [1.165, 1.54) is 0 Å². The van der Waals surface area contributed by atoms with Crippen molar-refractivity contribution in [3.05, 3.63) is 0 Å². The van der Waals surface area contributed by atoms with E-state index in [1.807, 2.05) is 11.8 Å². The second kappa shape index (κ2) is 5.56. The fourth-order valence-electron chi connectivity index (χ4n) is 2.67. The summed E-state index contributed by atoms with van der Waals surface area (Å²) in [6.07, 6.45) is 1.83. The number of ether oxygens (including phenoxy) is 1. The molecule has 2 atom stereocenters. The number of hydrogen-bond acceptors (Lipinski definition) is 3. The monoisotopic (exact) mass is 255 g/mol. The number of carbonyl (C=O) groups excluding carboxylic acids is 2. The summed E-state index contributed by atoms with van der Waals surface area (Å²) in [6, 6.07) is 0.257. The van der Waals surface area contributed by atoms with Crippen LogP contribution in [-0.4, -0.2) is 67.2 Å². The zero-order chi connectivity index (χ0) is 13.1. The molecule has 0 radical (unpaired) electrons. The molecule has 0 bridgehead atoms. The van der Waals surface area contributed by atoms with Gasteiger partial charge in [0.25, 0.3) is 0 Å². The predicted molar refractivity (Wildman–Crippen MR) is 66.2 cm³/mol. The number of rotatable bonds is 4. The number of nitrogens with one attached hydrogen (secondary N) is 1. The van der Waals surface area contributed by atoms with Crippen molar-refractivity contribution in [2.24, 2.45) is 0 Å². The summed E-state index contributed by atoms with van der Waals surface area (Å²) in [4.78, 5) is 27.3. The van der Waals surface area contributed by atoms with Crippen molar-refractivity contribution < 1.29 is 14.3 Å². The van der Waals surface area contributed by atoms with Gasteiger partial charge in [-0.05, 0) is 12.8 Å². The molecular formula is C12H21N3O3. The van der Waals surface area contributed by atoms with Gasteiger partial charge in [0, 0.05) is 20.2 Å². The molecule has 0 spiro atoms. The van der Waals surface area contributed by atoms with Gasteiger partial charge < -0.3 is 19.9 Å². The maximum atomic E-state index is 12.0. The lowest BCUT2D eigenvalue weighted by atomic mass is 9.90. The molecule has 1 N–H and O–H groups in total. The Labute approximate surface area is 107 Å². The number of nitrogens with zero attached hydrogens (tertiary/aromatic N) is 2. The van der Waals surface area contributed by atoms with Crippen molar-refractivity contribution in [3.63, 3.8) is 0 Å². The first-order valence-electron chi connectivity index (χ1n) is 6.50. The second-order valence-electron chi connectivity index (χ2n) is 4.91. The predicted octanol–water partition coefficient (Wildman–Crippen LogP) is 0.0375. The van der Waals surface area contributed by atoms with Crippen LogP contribution < -0.4 is 5.32 Å². The van der Waals surface area contributed by atoms with E-state index in [9.17, 15) is 9.59 Å². The number of hydrogen-bond donors (Lipinski definition) is 1. The number of piperazine rings is 1. The van der Waals surface area contributed by atoms with Crippen LogP contribution >= 0.6 is 0 Å². The molecule has 0 saturated carbocycles. The maximum Gasteiger partial charge on any atom is 0.317 e. The number of methoxy groups -OCH3 is 1. The van der Waals surface area contributed by atoms with Crippen LogP contribution in [0.1, 0.15) is 19.8 Å². The summed E-state index contributed by atoms with van der Waals surface area (Å²) in [5.74, 6) is 0.0335. The molecule has 2 aliphatic rings. The van der Waals surface area contributed by atoms with Crippen molar-refractivity contribution >= 4 is 11.9 Å². The standard InChI is InChI=1S/C12H21N3O3/c1-3-4-13-12(17)14-6-9-5-10(8-18-2)15(9)11(16)7-14/h9-10H,3-8H2,1-2H3,(H,13,17)/t9-,10+/m1/s1. The van der Waals surface area contributed by atoms with Gasteiger partial charge in [-0.1, -0.05) is 6.92 Å². The van der Waals surface area contributed by atoms with Gasteiger partial charge in [0.15, 0.2) is 0 Å². The van der Waals surface area contributed by atoms with Gasteiger partial charge in [-0.25, -0.2) is 4.79 Å². The van der Waals surface area contributed by atoms with Gasteiger partial charge in [-0.2, -0.15) is 0 Å². The minimum Gasteiger partial charge on any atom is -0.383 e. The molecule has 2 rings (SSSR count). The van der Waals surface area contributed by atoms with Crippen molar-refractivity contribution in [1.82, 2.24) is 15.1 Å².